The fraction of sp³-hybridized carbons (Fsp3) is 0.600. The Morgan fingerprint density at radius 1 is 1.31 bits per heavy atom. The van der Waals surface area contributed by atoms with Gasteiger partial charge in [-0.2, -0.15) is 0 Å². The van der Waals surface area contributed by atoms with Crippen LogP contribution in [-0.2, 0) is 13.6 Å². The first-order chi connectivity index (χ1) is 6.27. The van der Waals surface area contributed by atoms with Gasteiger partial charge in [-0.25, -0.2) is 0 Å². The van der Waals surface area contributed by atoms with E-state index in [0.717, 1.165) is 6.54 Å². The molecule has 1 aliphatic heterocycles. The Morgan fingerprint density at radius 2 is 2.00 bits per heavy atom. The molecule has 0 radical (unpaired) electrons. The van der Waals surface area contributed by atoms with Gasteiger partial charge in [0.1, 0.15) is 0 Å². The molecule has 0 aromatic carbocycles. The Morgan fingerprint density at radius 3 is 2.54 bits per heavy atom. The van der Waals surface area contributed by atoms with Crippen molar-refractivity contribution in [1.82, 2.24) is 9.47 Å². The second kappa shape index (κ2) is 3.84. The molecule has 0 N–H and O–H groups in total. The number of likely N-dealkylation sites (tertiary alicyclic amines) is 1. The highest BCUT2D eigenvalue weighted by molar-refractivity contribution is 9.10. The zero-order valence-corrected chi connectivity index (χ0v) is 9.55. The molecule has 0 bridgehead atoms. The molecule has 72 valence electrons. The molecule has 2 rings (SSSR count). The van der Waals surface area contributed by atoms with Crippen LogP contribution in [0.3, 0.4) is 0 Å². The summed E-state index contributed by atoms with van der Waals surface area (Å²) in [5.74, 6) is 0. The van der Waals surface area contributed by atoms with Crippen molar-refractivity contribution in [2.45, 2.75) is 19.4 Å². The Balaban J connectivity index is 2.04. The van der Waals surface area contributed by atoms with Crippen LogP contribution in [0.2, 0.25) is 0 Å². The van der Waals surface area contributed by atoms with E-state index in [2.05, 4.69) is 44.6 Å². The van der Waals surface area contributed by atoms with Gasteiger partial charge < -0.3 is 4.57 Å². The van der Waals surface area contributed by atoms with Crippen LogP contribution in [-0.4, -0.2) is 22.6 Å². The van der Waals surface area contributed by atoms with Crippen molar-refractivity contribution in [3.8, 4) is 0 Å². The average Bonchev–Trinajstić information content (AvgIpc) is 2.71. The topological polar surface area (TPSA) is 8.17 Å². The number of rotatable bonds is 2. The smallest absolute Gasteiger partial charge is 0.0846 e. The summed E-state index contributed by atoms with van der Waals surface area (Å²) in [4.78, 5) is 2.52. The third kappa shape index (κ3) is 1.97. The van der Waals surface area contributed by atoms with Crippen molar-refractivity contribution < 1.29 is 0 Å². The molecule has 3 heteroatoms. The normalized spacial score (nSPS) is 18.3. The number of halogens is 1. The van der Waals surface area contributed by atoms with Crippen LogP contribution in [0.1, 0.15) is 18.5 Å². The second-order valence-corrected chi connectivity index (χ2v) is 4.50. The summed E-state index contributed by atoms with van der Waals surface area (Å²) in [7, 11) is 2.11. The highest BCUT2D eigenvalue weighted by atomic mass is 79.9. The maximum Gasteiger partial charge on any atom is 0.0846 e. The lowest BCUT2D eigenvalue weighted by molar-refractivity contribution is 0.323. The lowest BCUT2D eigenvalue weighted by Crippen LogP contribution is -2.19. The molecule has 0 amide bonds. The summed E-state index contributed by atoms with van der Waals surface area (Å²) < 4.78 is 3.37. The van der Waals surface area contributed by atoms with Crippen molar-refractivity contribution in [2.24, 2.45) is 7.05 Å². The van der Waals surface area contributed by atoms with E-state index < -0.39 is 0 Å². The van der Waals surface area contributed by atoms with Crippen LogP contribution in [0, 0.1) is 0 Å². The third-order valence-electron chi connectivity index (χ3n) is 2.75. The van der Waals surface area contributed by atoms with Gasteiger partial charge in [0.2, 0.25) is 0 Å². The van der Waals surface area contributed by atoms with E-state index >= 15 is 0 Å². The molecule has 0 atom stereocenters. The summed E-state index contributed by atoms with van der Waals surface area (Å²) in [5.41, 5.74) is 1.40. The van der Waals surface area contributed by atoms with E-state index in [4.69, 9.17) is 0 Å². The van der Waals surface area contributed by atoms with Gasteiger partial charge >= 0.3 is 0 Å². The lowest BCUT2D eigenvalue weighted by Gasteiger charge is -2.15. The Labute approximate surface area is 87.7 Å². The fourth-order valence-electron chi connectivity index (χ4n) is 1.85. The Kier molecular flexibility index (Phi) is 2.74. The molecule has 1 aromatic rings. The monoisotopic (exact) mass is 242 g/mol. The van der Waals surface area contributed by atoms with Crippen molar-refractivity contribution in [3.63, 3.8) is 0 Å². The van der Waals surface area contributed by atoms with Crippen molar-refractivity contribution >= 4 is 15.9 Å². The molecule has 13 heavy (non-hydrogen) atoms. The van der Waals surface area contributed by atoms with Crippen LogP contribution in [0.15, 0.2) is 16.7 Å². The summed E-state index contributed by atoms with van der Waals surface area (Å²) in [6.45, 7) is 3.63. The predicted octanol–water partition coefficient (Wildman–Crippen LogP) is 2.38. The summed E-state index contributed by atoms with van der Waals surface area (Å²) in [5, 5.41) is 0. The zero-order valence-electron chi connectivity index (χ0n) is 7.96. The van der Waals surface area contributed by atoms with Crippen LogP contribution < -0.4 is 0 Å². The van der Waals surface area contributed by atoms with Crippen LogP contribution in [0.25, 0.3) is 0 Å². The molecule has 0 spiro atoms. The van der Waals surface area contributed by atoms with Gasteiger partial charge in [-0.3, -0.25) is 4.90 Å². The minimum Gasteiger partial charge on any atom is -0.341 e. The highest BCUT2D eigenvalue weighted by Gasteiger charge is 2.13. The first-order valence-electron chi connectivity index (χ1n) is 4.80. The SMILES string of the molecule is Cn1c(Br)ccc1CN1CCCC1. The number of hydrogen-bond donors (Lipinski definition) is 0. The minimum absolute atomic E-state index is 1.10. The molecule has 0 aliphatic carbocycles. The molecule has 0 saturated carbocycles. The number of nitrogens with zero attached hydrogens (tertiary/aromatic N) is 2. The Hall–Kier alpha value is -0.280. The Bertz CT molecular complexity index is 287. The van der Waals surface area contributed by atoms with Crippen LogP contribution in [0.5, 0.6) is 0 Å². The summed E-state index contributed by atoms with van der Waals surface area (Å²) in [6, 6.07) is 4.31. The average molecular weight is 243 g/mol. The molecule has 1 aliphatic rings. The van der Waals surface area contributed by atoms with Gasteiger partial charge in [0.15, 0.2) is 0 Å². The van der Waals surface area contributed by atoms with Gasteiger partial charge in [-0.15, -0.1) is 0 Å². The van der Waals surface area contributed by atoms with Crippen molar-refractivity contribution in [2.75, 3.05) is 13.1 Å². The van der Waals surface area contributed by atoms with E-state index in [1.54, 1.807) is 0 Å². The molecule has 0 unspecified atom stereocenters. The molecular formula is C10H15BrN2. The fourth-order valence-corrected chi connectivity index (χ4v) is 2.21. The van der Waals surface area contributed by atoms with E-state index in [1.165, 1.54) is 36.2 Å². The van der Waals surface area contributed by atoms with Crippen LogP contribution in [0.4, 0.5) is 0 Å². The van der Waals surface area contributed by atoms with Gasteiger partial charge in [-0.1, -0.05) is 0 Å². The standard InChI is InChI=1S/C10H15BrN2/c1-12-9(4-5-10(12)11)8-13-6-2-3-7-13/h4-5H,2-3,6-8H2,1H3. The minimum atomic E-state index is 1.10. The van der Waals surface area contributed by atoms with E-state index in [0.29, 0.717) is 0 Å². The highest BCUT2D eigenvalue weighted by Crippen LogP contribution is 2.17. The molecule has 1 aromatic heterocycles. The lowest BCUT2D eigenvalue weighted by atomic mass is 10.4. The maximum atomic E-state index is 3.51. The predicted molar refractivity (Wildman–Crippen MR) is 57.6 cm³/mol. The van der Waals surface area contributed by atoms with E-state index in [1.807, 2.05) is 0 Å². The number of hydrogen-bond acceptors (Lipinski definition) is 1. The summed E-state index contributed by atoms with van der Waals surface area (Å²) in [6.07, 6.45) is 2.73. The van der Waals surface area contributed by atoms with Crippen molar-refractivity contribution in [3.05, 3.63) is 22.4 Å². The van der Waals surface area contributed by atoms with E-state index in [-0.39, 0.29) is 0 Å². The molecule has 2 heterocycles. The molecule has 1 saturated heterocycles. The van der Waals surface area contributed by atoms with Gasteiger partial charge in [0, 0.05) is 19.3 Å². The molecule has 2 nitrogen and oxygen atoms in total. The third-order valence-corrected chi connectivity index (χ3v) is 3.55. The molecule has 1 fully saturated rings. The second-order valence-electron chi connectivity index (χ2n) is 3.69. The van der Waals surface area contributed by atoms with E-state index in [9.17, 15) is 0 Å². The first kappa shape index (κ1) is 9.28. The van der Waals surface area contributed by atoms with Gasteiger partial charge in [0.05, 0.1) is 4.60 Å². The zero-order chi connectivity index (χ0) is 9.26. The largest absolute Gasteiger partial charge is 0.341 e. The van der Waals surface area contributed by atoms with Gasteiger partial charge in [-0.05, 0) is 54.0 Å². The molecular weight excluding hydrogens is 228 g/mol. The van der Waals surface area contributed by atoms with Gasteiger partial charge in [0.25, 0.3) is 0 Å². The quantitative estimate of drug-likeness (QED) is 0.774. The first-order valence-corrected chi connectivity index (χ1v) is 5.59. The maximum absolute atomic E-state index is 3.51. The van der Waals surface area contributed by atoms with Crippen molar-refractivity contribution in [1.29, 1.82) is 0 Å². The number of aromatic nitrogens is 1. The van der Waals surface area contributed by atoms with Crippen LogP contribution >= 0.6 is 15.9 Å². The summed E-state index contributed by atoms with van der Waals surface area (Å²) >= 11 is 3.51.